The normalized spacial score (nSPS) is 30.4. The molecule has 2 amide bonds. The van der Waals surface area contributed by atoms with E-state index in [0.29, 0.717) is 19.4 Å². The van der Waals surface area contributed by atoms with E-state index in [0.717, 1.165) is 19.3 Å². The maximum Gasteiger partial charge on any atom is 0.223 e. The number of methoxy groups -OCH3 is 1. The highest BCUT2D eigenvalue weighted by molar-refractivity contribution is 5.81. The van der Waals surface area contributed by atoms with Crippen LogP contribution in [0.1, 0.15) is 52.9 Å². The van der Waals surface area contributed by atoms with Crippen LogP contribution in [0.4, 0.5) is 0 Å². The fourth-order valence-electron chi connectivity index (χ4n) is 2.94. The van der Waals surface area contributed by atoms with E-state index in [9.17, 15) is 9.59 Å². The Hall–Kier alpha value is -1.10. The summed E-state index contributed by atoms with van der Waals surface area (Å²) in [6, 6.07) is 0.163. The minimum atomic E-state index is -0.164. The van der Waals surface area contributed by atoms with Crippen molar-refractivity contribution < 1.29 is 14.3 Å². The first kappa shape index (κ1) is 16.3. The number of carbonyl (C=O) groups excluding carboxylic acids is 2. The van der Waals surface area contributed by atoms with Gasteiger partial charge in [-0.15, -0.1) is 0 Å². The molecule has 0 radical (unpaired) electrons. The van der Waals surface area contributed by atoms with E-state index in [1.807, 2.05) is 0 Å². The van der Waals surface area contributed by atoms with E-state index in [1.165, 1.54) is 0 Å². The molecule has 2 rings (SSSR count). The third-order valence-corrected chi connectivity index (χ3v) is 5.44. The van der Waals surface area contributed by atoms with Crippen molar-refractivity contribution in [1.29, 1.82) is 0 Å². The molecule has 2 aliphatic rings. The summed E-state index contributed by atoms with van der Waals surface area (Å²) in [7, 11) is 1.72. The number of ether oxygens (including phenoxy) is 1. The minimum absolute atomic E-state index is 0.0579. The van der Waals surface area contributed by atoms with Crippen molar-refractivity contribution in [2.24, 2.45) is 11.3 Å². The highest BCUT2D eigenvalue weighted by Gasteiger charge is 2.58. The number of hydrogen-bond acceptors (Lipinski definition) is 3. The zero-order valence-corrected chi connectivity index (χ0v) is 13.6. The maximum atomic E-state index is 12.0. The van der Waals surface area contributed by atoms with Crippen molar-refractivity contribution in [2.75, 3.05) is 13.7 Å². The molecule has 0 heterocycles. The van der Waals surface area contributed by atoms with Crippen LogP contribution >= 0.6 is 0 Å². The van der Waals surface area contributed by atoms with Gasteiger partial charge in [0.1, 0.15) is 0 Å². The first-order valence-electron chi connectivity index (χ1n) is 7.92. The standard InChI is InChI=1S/C16H28N2O3/c1-15(2)12(10-16(15,3)21-4)18-13(19)6-5-9-17-14(20)11-7-8-11/h11-12H,5-10H2,1-4H3,(H,17,20)(H,18,19)/t12-,16-/m0/s1. The third-order valence-electron chi connectivity index (χ3n) is 5.44. The zero-order valence-electron chi connectivity index (χ0n) is 13.6. The smallest absolute Gasteiger partial charge is 0.223 e. The number of amides is 2. The van der Waals surface area contributed by atoms with Gasteiger partial charge >= 0.3 is 0 Å². The van der Waals surface area contributed by atoms with Gasteiger partial charge in [0.25, 0.3) is 0 Å². The van der Waals surface area contributed by atoms with Crippen LogP contribution in [0.25, 0.3) is 0 Å². The predicted octanol–water partition coefficient (Wildman–Crippen LogP) is 1.61. The van der Waals surface area contributed by atoms with Gasteiger partial charge in [-0.1, -0.05) is 13.8 Å². The summed E-state index contributed by atoms with van der Waals surface area (Å²) in [6.07, 6.45) is 4.03. The topological polar surface area (TPSA) is 67.4 Å². The maximum absolute atomic E-state index is 12.0. The van der Waals surface area contributed by atoms with Crippen LogP contribution in [0.3, 0.4) is 0 Å². The van der Waals surface area contributed by atoms with Crippen LogP contribution in [0, 0.1) is 11.3 Å². The molecule has 0 aromatic heterocycles. The van der Waals surface area contributed by atoms with Gasteiger partial charge in [0.2, 0.25) is 11.8 Å². The molecule has 0 bridgehead atoms. The molecule has 120 valence electrons. The van der Waals surface area contributed by atoms with Gasteiger partial charge in [-0.25, -0.2) is 0 Å². The van der Waals surface area contributed by atoms with E-state index in [-0.39, 0.29) is 34.8 Å². The number of rotatable bonds is 7. The van der Waals surface area contributed by atoms with Crippen molar-refractivity contribution in [3.8, 4) is 0 Å². The lowest BCUT2D eigenvalue weighted by Crippen LogP contribution is -2.68. The molecule has 5 nitrogen and oxygen atoms in total. The summed E-state index contributed by atoms with van der Waals surface area (Å²) in [5.41, 5.74) is -0.221. The Morgan fingerprint density at radius 1 is 1.24 bits per heavy atom. The van der Waals surface area contributed by atoms with Crippen molar-refractivity contribution in [2.45, 2.75) is 64.5 Å². The largest absolute Gasteiger partial charge is 0.378 e. The van der Waals surface area contributed by atoms with Crippen molar-refractivity contribution in [3.05, 3.63) is 0 Å². The Morgan fingerprint density at radius 2 is 1.90 bits per heavy atom. The molecule has 2 aliphatic carbocycles. The van der Waals surface area contributed by atoms with Crippen molar-refractivity contribution in [3.63, 3.8) is 0 Å². The molecule has 0 saturated heterocycles. The van der Waals surface area contributed by atoms with Crippen LogP contribution < -0.4 is 10.6 Å². The first-order chi connectivity index (χ1) is 9.80. The van der Waals surface area contributed by atoms with Crippen molar-refractivity contribution >= 4 is 11.8 Å². The fourth-order valence-corrected chi connectivity index (χ4v) is 2.94. The molecule has 0 spiro atoms. The van der Waals surface area contributed by atoms with Crippen LogP contribution in [0.2, 0.25) is 0 Å². The van der Waals surface area contributed by atoms with E-state index >= 15 is 0 Å². The fraction of sp³-hybridized carbons (Fsp3) is 0.875. The Bertz CT molecular complexity index is 418. The lowest BCUT2D eigenvalue weighted by Gasteiger charge is -2.59. The minimum Gasteiger partial charge on any atom is -0.378 e. The van der Waals surface area contributed by atoms with Gasteiger partial charge in [-0.2, -0.15) is 0 Å². The van der Waals surface area contributed by atoms with Gasteiger partial charge in [-0.3, -0.25) is 9.59 Å². The average Bonchev–Trinajstić information content (AvgIpc) is 3.27. The molecule has 2 saturated carbocycles. The molecule has 0 aromatic rings. The van der Waals surface area contributed by atoms with Gasteiger partial charge in [0, 0.05) is 37.5 Å². The van der Waals surface area contributed by atoms with E-state index in [4.69, 9.17) is 4.74 Å². The molecule has 2 atom stereocenters. The molecule has 5 heteroatoms. The zero-order chi connectivity index (χ0) is 15.7. The van der Waals surface area contributed by atoms with Crippen LogP contribution in [0.15, 0.2) is 0 Å². The lowest BCUT2D eigenvalue weighted by atomic mass is 9.56. The summed E-state index contributed by atoms with van der Waals surface area (Å²) in [4.78, 5) is 23.4. The van der Waals surface area contributed by atoms with E-state index in [1.54, 1.807) is 7.11 Å². The quantitative estimate of drug-likeness (QED) is 0.701. The van der Waals surface area contributed by atoms with E-state index in [2.05, 4.69) is 31.4 Å². The molecule has 2 N–H and O–H groups in total. The Morgan fingerprint density at radius 3 is 2.43 bits per heavy atom. The van der Waals surface area contributed by atoms with Gasteiger partial charge in [0.05, 0.1) is 5.60 Å². The monoisotopic (exact) mass is 296 g/mol. The number of hydrogen-bond donors (Lipinski definition) is 2. The average molecular weight is 296 g/mol. The summed E-state index contributed by atoms with van der Waals surface area (Å²) in [5, 5.41) is 5.97. The summed E-state index contributed by atoms with van der Waals surface area (Å²) < 4.78 is 5.56. The van der Waals surface area contributed by atoms with Gasteiger partial charge < -0.3 is 15.4 Å². The lowest BCUT2D eigenvalue weighted by molar-refractivity contribution is -0.182. The summed E-state index contributed by atoms with van der Waals surface area (Å²) >= 11 is 0. The molecule has 0 unspecified atom stereocenters. The highest BCUT2D eigenvalue weighted by atomic mass is 16.5. The van der Waals surface area contributed by atoms with Crippen LogP contribution in [-0.4, -0.2) is 37.1 Å². The molecule has 0 aliphatic heterocycles. The third kappa shape index (κ3) is 3.39. The highest BCUT2D eigenvalue weighted by Crippen LogP contribution is 2.51. The molecular weight excluding hydrogens is 268 g/mol. The summed E-state index contributed by atoms with van der Waals surface area (Å²) in [6.45, 7) is 6.93. The van der Waals surface area contributed by atoms with Crippen molar-refractivity contribution in [1.82, 2.24) is 10.6 Å². The Labute approximate surface area is 127 Å². The molecule has 2 fully saturated rings. The summed E-state index contributed by atoms with van der Waals surface area (Å²) in [5.74, 6) is 0.444. The Balaban J connectivity index is 1.63. The SMILES string of the molecule is CO[C@@]1(C)C[C@H](NC(=O)CCCNC(=O)C2CC2)C1(C)C. The van der Waals surface area contributed by atoms with Gasteiger partial charge in [-0.05, 0) is 32.6 Å². The second-order valence-electron chi connectivity index (χ2n) is 7.15. The second-order valence-corrected chi connectivity index (χ2v) is 7.15. The first-order valence-corrected chi connectivity index (χ1v) is 7.92. The molecule has 0 aromatic carbocycles. The molecular formula is C16H28N2O3. The second kappa shape index (κ2) is 5.95. The van der Waals surface area contributed by atoms with Gasteiger partial charge in [0.15, 0.2) is 0 Å². The number of carbonyl (C=O) groups is 2. The number of nitrogens with one attached hydrogen (secondary N) is 2. The predicted molar refractivity (Wildman–Crippen MR) is 80.7 cm³/mol. The Kier molecular flexibility index (Phi) is 4.61. The molecule has 21 heavy (non-hydrogen) atoms. The van der Waals surface area contributed by atoms with Crippen LogP contribution in [0.5, 0.6) is 0 Å². The van der Waals surface area contributed by atoms with E-state index < -0.39 is 0 Å². The van der Waals surface area contributed by atoms with Crippen LogP contribution in [-0.2, 0) is 14.3 Å².